The fraction of sp³-hybridized carbons (Fsp3) is 0.333. The van der Waals surface area contributed by atoms with Crippen LogP contribution in [0.2, 0.25) is 0 Å². The number of carbonyl (C=O) groups is 2. The van der Waals surface area contributed by atoms with Gasteiger partial charge in [-0.25, -0.2) is 4.79 Å². The van der Waals surface area contributed by atoms with Gasteiger partial charge in [0.15, 0.2) is 6.29 Å². The van der Waals surface area contributed by atoms with Crippen LogP contribution in [0.4, 0.5) is 4.79 Å². The molecular formula is C39H44N2O8. The smallest absolute Gasteiger partial charge is 0.407 e. The van der Waals surface area contributed by atoms with Gasteiger partial charge < -0.3 is 38.6 Å². The van der Waals surface area contributed by atoms with E-state index >= 15 is 0 Å². The first-order valence-corrected chi connectivity index (χ1v) is 16.3. The molecule has 4 aromatic rings. The van der Waals surface area contributed by atoms with Crippen LogP contribution in [0.5, 0.6) is 0 Å². The minimum absolute atomic E-state index is 0.0858. The number of methoxy groups -OCH3 is 1. The molecule has 0 radical (unpaired) electrons. The monoisotopic (exact) mass is 668 g/mol. The Kier molecular flexibility index (Phi) is 13.7. The number of carbonyl (C=O) groups excluding carboxylic acids is 2. The van der Waals surface area contributed by atoms with Crippen molar-refractivity contribution in [3.8, 4) is 0 Å². The Labute approximate surface area is 287 Å². The number of alkyl carbamates (subject to hydrolysis) is 1. The van der Waals surface area contributed by atoms with Crippen LogP contribution < -0.4 is 5.32 Å². The molecule has 0 bridgehead atoms. The highest BCUT2D eigenvalue weighted by Crippen LogP contribution is 2.31. The van der Waals surface area contributed by atoms with Gasteiger partial charge in [0.25, 0.3) is 0 Å². The maximum Gasteiger partial charge on any atom is 0.407 e. The van der Waals surface area contributed by atoms with Crippen molar-refractivity contribution < 1.29 is 38.0 Å². The lowest BCUT2D eigenvalue weighted by Crippen LogP contribution is -2.66. The summed E-state index contributed by atoms with van der Waals surface area (Å²) in [5, 5.41) is 2.56. The van der Waals surface area contributed by atoms with E-state index in [1.54, 1.807) is 7.05 Å². The van der Waals surface area contributed by atoms with Gasteiger partial charge in [-0.2, -0.15) is 0 Å². The minimum atomic E-state index is -0.887. The van der Waals surface area contributed by atoms with E-state index in [-0.39, 0.29) is 38.9 Å². The van der Waals surface area contributed by atoms with Gasteiger partial charge in [0, 0.05) is 14.2 Å². The third kappa shape index (κ3) is 10.7. The summed E-state index contributed by atoms with van der Waals surface area (Å²) in [5.74, 6) is -0.388. The summed E-state index contributed by atoms with van der Waals surface area (Å²) in [6.45, 7) is 0.898. The lowest BCUT2D eigenvalue weighted by Gasteiger charge is -2.48. The first-order chi connectivity index (χ1) is 24.0. The molecule has 49 heavy (non-hydrogen) atoms. The number of hydrogen-bond donors (Lipinski definition) is 1. The fourth-order valence-corrected chi connectivity index (χ4v) is 5.63. The lowest BCUT2D eigenvalue weighted by molar-refractivity contribution is -0.297. The molecule has 10 nitrogen and oxygen atoms in total. The Hall–Kier alpha value is -4.58. The van der Waals surface area contributed by atoms with Crippen LogP contribution in [0.3, 0.4) is 0 Å². The van der Waals surface area contributed by atoms with E-state index in [2.05, 4.69) is 5.32 Å². The summed E-state index contributed by atoms with van der Waals surface area (Å²) < 4.78 is 37.0. The van der Waals surface area contributed by atoms with Gasteiger partial charge in [0.1, 0.15) is 37.5 Å². The van der Waals surface area contributed by atoms with Gasteiger partial charge in [0.05, 0.1) is 26.4 Å². The number of amides is 2. The molecule has 10 heteroatoms. The van der Waals surface area contributed by atoms with Gasteiger partial charge in [-0.05, 0) is 22.3 Å². The number of rotatable bonds is 16. The van der Waals surface area contributed by atoms with Gasteiger partial charge in [-0.15, -0.1) is 0 Å². The van der Waals surface area contributed by atoms with E-state index in [4.69, 9.17) is 28.4 Å². The number of nitrogens with zero attached hydrogens (tertiary/aromatic N) is 1. The molecule has 1 saturated heterocycles. The largest absolute Gasteiger partial charge is 0.445 e. The third-order valence-electron chi connectivity index (χ3n) is 8.25. The van der Waals surface area contributed by atoms with Crippen molar-refractivity contribution in [1.82, 2.24) is 10.2 Å². The fourth-order valence-electron chi connectivity index (χ4n) is 5.63. The van der Waals surface area contributed by atoms with Crippen molar-refractivity contribution in [1.29, 1.82) is 0 Å². The van der Waals surface area contributed by atoms with Gasteiger partial charge in [-0.1, -0.05) is 121 Å². The van der Waals surface area contributed by atoms with Crippen LogP contribution in [0.15, 0.2) is 121 Å². The zero-order chi connectivity index (χ0) is 34.3. The highest BCUT2D eigenvalue weighted by atomic mass is 16.7. The Morgan fingerprint density at radius 3 is 1.65 bits per heavy atom. The summed E-state index contributed by atoms with van der Waals surface area (Å²) in [4.78, 5) is 27.6. The molecule has 5 atom stereocenters. The molecule has 4 aromatic carbocycles. The molecule has 258 valence electrons. The number of nitrogens with one attached hydrogen (secondary N) is 1. The molecule has 0 aromatic heterocycles. The predicted octanol–water partition coefficient (Wildman–Crippen LogP) is 5.50. The highest BCUT2D eigenvalue weighted by molar-refractivity contribution is 5.82. The summed E-state index contributed by atoms with van der Waals surface area (Å²) in [6, 6.07) is 38.1. The molecule has 5 rings (SSSR count). The van der Waals surface area contributed by atoms with E-state index < -0.39 is 36.7 Å². The van der Waals surface area contributed by atoms with E-state index in [0.717, 1.165) is 22.3 Å². The maximum atomic E-state index is 13.6. The normalized spacial score (nSPS) is 20.3. The zero-order valence-electron chi connectivity index (χ0n) is 27.9. The molecule has 0 saturated carbocycles. The van der Waals surface area contributed by atoms with E-state index in [0.29, 0.717) is 6.61 Å². The SMILES string of the molecule is CO[C@@H]1O[C@H](COCc2ccccc2)[C@@H](OCc2ccccc2)[C@H](OCc2ccccc2)[C@H]1N(C)C(=O)CNC(=O)OCc1ccccc1. The zero-order valence-corrected chi connectivity index (χ0v) is 27.9. The average Bonchev–Trinajstić information content (AvgIpc) is 3.15. The predicted molar refractivity (Wildman–Crippen MR) is 183 cm³/mol. The van der Waals surface area contributed by atoms with Crippen LogP contribution >= 0.6 is 0 Å². The van der Waals surface area contributed by atoms with Crippen molar-refractivity contribution >= 4 is 12.0 Å². The summed E-state index contributed by atoms with van der Waals surface area (Å²) in [5.41, 5.74) is 3.79. The minimum Gasteiger partial charge on any atom is -0.445 e. The summed E-state index contributed by atoms with van der Waals surface area (Å²) >= 11 is 0. The van der Waals surface area contributed by atoms with Crippen molar-refractivity contribution in [2.45, 2.75) is 57.1 Å². The maximum absolute atomic E-state index is 13.6. The second kappa shape index (κ2) is 18.8. The molecule has 0 spiro atoms. The highest BCUT2D eigenvalue weighted by Gasteiger charge is 2.50. The molecule has 2 amide bonds. The molecule has 1 heterocycles. The van der Waals surface area contributed by atoms with E-state index in [9.17, 15) is 9.59 Å². The van der Waals surface area contributed by atoms with Crippen molar-refractivity contribution in [3.05, 3.63) is 144 Å². The Balaban J connectivity index is 1.34. The summed E-state index contributed by atoms with van der Waals surface area (Å²) in [6.07, 6.45) is -3.54. The molecule has 0 aliphatic carbocycles. The Morgan fingerprint density at radius 2 is 1.14 bits per heavy atom. The molecule has 1 fully saturated rings. The van der Waals surface area contributed by atoms with Gasteiger partial charge in [0.2, 0.25) is 5.91 Å². The number of ether oxygens (including phenoxy) is 6. The van der Waals surface area contributed by atoms with Crippen molar-refractivity contribution in [2.24, 2.45) is 0 Å². The van der Waals surface area contributed by atoms with Crippen LogP contribution in [0, 0.1) is 0 Å². The first kappa shape index (κ1) is 35.7. The van der Waals surface area contributed by atoms with E-state index in [1.165, 1.54) is 12.0 Å². The van der Waals surface area contributed by atoms with Gasteiger partial charge >= 0.3 is 6.09 Å². The number of benzene rings is 4. The molecular weight excluding hydrogens is 624 g/mol. The van der Waals surface area contributed by atoms with Crippen LogP contribution in [0.1, 0.15) is 22.3 Å². The Bertz CT molecular complexity index is 1540. The quantitative estimate of drug-likeness (QED) is 0.167. The topological polar surface area (TPSA) is 105 Å². The van der Waals surface area contributed by atoms with Crippen LogP contribution in [0.25, 0.3) is 0 Å². The average molecular weight is 669 g/mol. The van der Waals surface area contributed by atoms with Crippen molar-refractivity contribution in [2.75, 3.05) is 27.3 Å². The molecule has 0 unspecified atom stereocenters. The van der Waals surface area contributed by atoms with Crippen molar-refractivity contribution in [3.63, 3.8) is 0 Å². The van der Waals surface area contributed by atoms with Crippen LogP contribution in [-0.2, 0) is 59.6 Å². The van der Waals surface area contributed by atoms with E-state index in [1.807, 2.05) is 121 Å². The summed E-state index contributed by atoms with van der Waals surface area (Å²) in [7, 11) is 3.16. The van der Waals surface area contributed by atoms with Crippen LogP contribution in [-0.4, -0.2) is 74.9 Å². The second-order valence-corrected chi connectivity index (χ2v) is 11.7. The second-order valence-electron chi connectivity index (χ2n) is 11.7. The molecule has 1 aliphatic heterocycles. The molecule has 1 N–H and O–H groups in total. The van der Waals surface area contributed by atoms with Gasteiger partial charge in [-0.3, -0.25) is 4.79 Å². The standard InChI is InChI=1S/C39H44N2O8/c1-41(34(42)23-40-39(43)48-27-32-21-13-6-14-22-32)35-37(47-26-31-19-11-5-12-20-31)36(46-25-30-17-9-4-10-18-30)33(49-38(35)44-2)28-45-24-29-15-7-3-8-16-29/h3-22,33,35-38H,23-28H2,1-2H3,(H,40,43)/t33-,35-,36-,37-,38-/m1/s1. The Morgan fingerprint density at radius 1 is 0.673 bits per heavy atom. The third-order valence-corrected chi connectivity index (χ3v) is 8.25. The molecule has 1 aliphatic rings. The lowest BCUT2D eigenvalue weighted by atomic mass is 9.94. The first-order valence-electron chi connectivity index (χ1n) is 16.3. The number of likely N-dealkylation sites (N-methyl/N-ethyl adjacent to an activating group) is 1. The number of hydrogen-bond acceptors (Lipinski definition) is 8.